The van der Waals surface area contributed by atoms with Gasteiger partial charge in [-0.3, -0.25) is 5.41 Å². The molecule has 0 amide bonds. The van der Waals surface area contributed by atoms with Crippen molar-refractivity contribution < 1.29 is 13.2 Å². The zero-order valence-corrected chi connectivity index (χ0v) is 11.4. The van der Waals surface area contributed by atoms with E-state index in [1.807, 2.05) is 4.90 Å². The van der Waals surface area contributed by atoms with Crippen molar-refractivity contribution in [3.8, 4) is 0 Å². The van der Waals surface area contributed by atoms with Crippen LogP contribution in [0, 0.1) is 11.3 Å². The van der Waals surface area contributed by atoms with Crippen LogP contribution in [-0.4, -0.2) is 25.1 Å². The van der Waals surface area contributed by atoms with Gasteiger partial charge in [0.15, 0.2) is 0 Å². The van der Waals surface area contributed by atoms with Crippen LogP contribution in [0.25, 0.3) is 0 Å². The van der Waals surface area contributed by atoms with E-state index in [0.717, 1.165) is 0 Å². The van der Waals surface area contributed by atoms with Crippen molar-refractivity contribution in [3.05, 3.63) is 28.8 Å². The van der Waals surface area contributed by atoms with E-state index >= 15 is 0 Å². The smallest absolute Gasteiger partial charge is 0.384 e. The predicted molar refractivity (Wildman–Crippen MR) is 73.5 cm³/mol. The molecule has 0 aliphatic carbocycles. The van der Waals surface area contributed by atoms with E-state index in [1.165, 1.54) is 0 Å². The minimum absolute atomic E-state index is 0.0590. The average molecular weight is 306 g/mol. The monoisotopic (exact) mass is 305 g/mol. The summed E-state index contributed by atoms with van der Waals surface area (Å²) in [6.45, 7) is 0.595. The highest BCUT2D eigenvalue weighted by Gasteiger charge is 2.41. The summed E-state index contributed by atoms with van der Waals surface area (Å²) in [4.78, 5) is 1.83. The number of rotatable bonds is 2. The molecule has 0 radical (unpaired) electrons. The van der Waals surface area contributed by atoms with Crippen molar-refractivity contribution in [2.75, 3.05) is 18.0 Å². The minimum Gasteiger partial charge on any atom is -0.384 e. The quantitative estimate of drug-likeness (QED) is 0.650. The molecule has 1 aromatic rings. The fourth-order valence-corrected chi connectivity index (χ4v) is 2.62. The highest BCUT2D eigenvalue weighted by molar-refractivity contribution is 6.31. The van der Waals surface area contributed by atoms with Crippen LogP contribution in [0.1, 0.15) is 18.4 Å². The predicted octanol–water partition coefficient (Wildman–Crippen LogP) is 3.40. The van der Waals surface area contributed by atoms with Crippen molar-refractivity contribution in [1.29, 1.82) is 5.41 Å². The summed E-state index contributed by atoms with van der Waals surface area (Å²) < 4.78 is 37.9. The maximum absolute atomic E-state index is 12.6. The Morgan fingerprint density at radius 1 is 1.30 bits per heavy atom. The number of hydrogen-bond acceptors (Lipinski definition) is 2. The molecule has 7 heteroatoms. The number of anilines is 1. The fourth-order valence-electron chi connectivity index (χ4n) is 2.45. The molecule has 3 N–H and O–H groups in total. The Balaban J connectivity index is 2.17. The van der Waals surface area contributed by atoms with Crippen LogP contribution < -0.4 is 10.6 Å². The van der Waals surface area contributed by atoms with Gasteiger partial charge in [0.25, 0.3) is 0 Å². The molecule has 1 heterocycles. The number of amidine groups is 1. The summed E-state index contributed by atoms with van der Waals surface area (Å²) in [5.41, 5.74) is 6.63. The SMILES string of the molecule is N=C(N)c1cc(Cl)ccc1N1CCC(C(F)(F)F)CC1. The number of nitrogens with two attached hydrogens (primary N) is 1. The van der Waals surface area contributed by atoms with Gasteiger partial charge in [0.2, 0.25) is 0 Å². The second-order valence-electron chi connectivity index (χ2n) is 4.88. The van der Waals surface area contributed by atoms with E-state index in [4.69, 9.17) is 22.7 Å². The molecule has 2 rings (SSSR count). The standard InChI is InChI=1S/C13H15ClF3N3/c14-9-1-2-11(10(7-9)12(18)19)20-5-3-8(4-6-20)13(15,16)17/h1-2,7-8H,3-6H2,(H3,18,19). The van der Waals surface area contributed by atoms with Gasteiger partial charge in [-0.05, 0) is 31.0 Å². The van der Waals surface area contributed by atoms with Crippen molar-refractivity contribution in [3.63, 3.8) is 0 Å². The van der Waals surface area contributed by atoms with Crippen molar-refractivity contribution >= 4 is 23.1 Å². The number of halogens is 4. The van der Waals surface area contributed by atoms with Crippen LogP contribution in [0.3, 0.4) is 0 Å². The Labute approximate surface area is 120 Å². The van der Waals surface area contributed by atoms with Crippen LogP contribution in [0.15, 0.2) is 18.2 Å². The molecule has 0 unspecified atom stereocenters. The zero-order chi connectivity index (χ0) is 14.9. The van der Waals surface area contributed by atoms with Gasteiger partial charge in [-0.15, -0.1) is 0 Å². The average Bonchev–Trinajstić information content (AvgIpc) is 2.37. The molecule has 1 aromatic carbocycles. The molecule has 3 nitrogen and oxygen atoms in total. The van der Waals surface area contributed by atoms with E-state index in [1.54, 1.807) is 18.2 Å². The first-order chi connectivity index (χ1) is 9.29. The van der Waals surface area contributed by atoms with Crippen LogP contribution in [0.4, 0.5) is 18.9 Å². The maximum Gasteiger partial charge on any atom is 0.391 e. The molecule has 0 bridgehead atoms. The first-order valence-corrected chi connectivity index (χ1v) is 6.62. The minimum atomic E-state index is -4.13. The fraction of sp³-hybridized carbons (Fsp3) is 0.462. The van der Waals surface area contributed by atoms with E-state index in [0.29, 0.717) is 29.4 Å². The van der Waals surface area contributed by atoms with E-state index in [-0.39, 0.29) is 18.7 Å². The Hall–Kier alpha value is -1.43. The summed E-state index contributed by atoms with van der Waals surface area (Å²) in [5.74, 6) is -1.38. The largest absolute Gasteiger partial charge is 0.391 e. The Morgan fingerprint density at radius 2 is 1.90 bits per heavy atom. The van der Waals surface area contributed by atoms with E-state index in [2.05, 4.69) is 0 Å². The third-order valence-electron chi connectivity index (χ3n) is 3.55. The molecule has 0 aromatic heterocycles. The zero-order valence-electron chi connectivity index (χ0n) is 10.7. The third kappa shape index (κ3) is 3.17. The Morgan fingerprint density at radius 3 is 2.40 bits per heavy atom. The molecule has 0 saturated carbocycles. The number of nitrogen functional groups attached to an aromatic ring is 1. The van der Waals surface area contributed by atoms with Crippen molar-refractivity contribution in [1.82, 2.24) is 0 Å². The summed E-state index contributed by atoms with van der Waals surface area (Å²) in [7, 11) is 0. The molecule has 1 aliphatic rings. The summed E-state index contributed by atoms with van der Waals surface area (Å²) in [6.07, 6.45) is -4.01. The second-order valence-corrected chi connectivity index (χ2v) is 5.31. The topological polar surface area (TPSA) is 53.1 Å². The number of alkyl halides is 3. The number of benzene rings is 1. The Bertz CT molecular complexity index is 508. The summed E-state index contributed by atoms with van der Waals surface area (Å²) >= 11 is 5.86. The first-order valence-electron chi connectivity index (χ1n) is 6.24. The van der Waals surface area contributed by atoms with Crippen LogP contribution in [-0.2, 0) is 0 Å². The van der Waals surface area contributed by atoms with Gasteiger partial charge in [0.1, 0.15) is 5.84 Å². The van der Waals surface area contributed by atoms with Gasteiger partial charge >= 0.3 is 6.18 Å². The van der Waals surface area contributed by atoms with Crippen LogP contribution in [0.5, 0.6) is 0 Å². The summed E-state index contributed by atoms with van der Waals surface area (Å²) in [5, 5.41) is 7.99. The van der Waals surface area contributed by atoms with Crippen molar-refractivity contribution in [2.45, 2.75) is 19.0 Å². The molecular weight excluding hydrogens is 291 g/mol. The molecule has 1 saturated heterocycles. The lowest BCUT2D eigenvalue weighted by Crippen LogP contribution is -2.39. The maximum atomic E-state index is 12.6. The molecular formula is C13H15ClF3N3. The molecule has 0 spiro atoms. The van der Waals surface area contributed by atoms with Gasteiger partial charge in [-0.2, -0.15) is 13.2 Å². The van der Waals surface area contributed by atoms with Gasteiger partial charge in [0.05, 0.1) is 5.92 Å². The molecule has 1 fully saturated rings. The molecule has 1 aliphatic heterocycles. The van der Waals surface area contributed by atoms with E-state index in [9.17, 15) is 13.2 Å². The highest BCUT2D eigenvalue weighted by atomic mass is 35.5. The van der Waals surface area contributed by atoms with Gasteiger partial charge in [-0.1, -0.05) is 11.6 Å². The summed E-state index contributed by atoms with van der Waals surface area (Å²) in [6, 6.07) is 4.92. The Kier molecular flexibility index (Phi) is 4.13. The second kappa shape index (κ2) is 5.52. The first kappa shape index (κ1) is 15.0. The van der Waals surface area contributed by atoms with Gasteiger partial charge in [0, 0.05) is 29.4 Å². The highest BCUT2D eigenvalue weighted by Crippen LogP contribution is 2.36. The number of nitrogens with one attached hydrogen (secondary N) is 1. The molecule has 20 heavy (non-hydrogen) atoms. The number of piperidine rings is 1. The number of nitrogens with zero attached hydrogens (tertiary/aromatic N) is 1. The van der Waals surface area contributed by atoms with Crippen LogP contribution >= 0.6 is 11.6 Å². The van der Waals surface area contributed by atoms with Gasteiger partial charge < -0.3 is 10.6 Å². The van der Waals surface area contributed by atoms with Crippen molar-refractivity contribution in [2.24, 2.45) is 11.7 Å². The lowest BCUT2D eigenvalue weighted by molar-refractivity contribution is -0.179. The van der Waals surface area contributed by atoms with E-state index < -0.39 is 12.1 Å². The van der Waals surface area contributed by atoms with Gasteiger partial charge in [-0.25, -0.2) is 0 Å². The lowest BCUT2D eigenvalue weighted by atomic mass is 9.95. The molecule has 0 atom stereocenters. The normalized spacial score (nSPS) is 17.3. The molecule has 110 valence electrons. The third-order valence-corrected chi connectivity index (χ3v) is 3.78. The lowest BCUT2D eigenvalue weighted by Gasteiger charge is -2.35. The number of hydrogen-bond donors (Lipinski definition) is 2. The van der Waals surface area contributed by atoms with Crippen LogP contribution in [0.2, 0.25) is 5.02 Å².